The van der Waals surface area contributed by atoms with Gasteiger partial charge < -0.3 is 48.4 Å². The van der Waals surface area contributed by atoms with E-state index in [1.807, 2.05) is 35.8 Å². The fourth-order valence-electron chi connectivity index (χ4n) is 11.0. The molecule has 0 bridgehead atoms. The number of carbonyl (C=O) groups is 1. The third-order valence-electron chi connectivity index (χ3n) is 15.2. The van der Waals surface area contributed by atoms with Crippen LogP contribution >= 0.6 is 0 Å². The lowest BCUT2D eigenvalue weighted by Crippen LogP contribution is -2.59. The summed E-state index contributed by atoms with van der Waals surface area (Å²) < 4.78 is 37.2. The van der Waals surface area contributed by atoms with Gasteiger partial charge in [-0.15, -0.1) is 0 Å². The summed E-state index contributed by atoms with van der Waals surface area (Å²) in [6.45, 7) is 13.5. The highest BCUT2D eigenvalue weighted by Crippen LogP contribution is 2.50. The minimum absolute atomic E-state index is 0.00705. The van der Waals surface area contributed by atoms with Crippen LogP contribution in [0.2, 0.25) is 0 Å². The standard InChI is InChI=1S/C47H70N4O9/c1-31(52)46(3)29-50(25-37(46)33-15-17-39(55-5)41(23-33)59-35-11-7-8-12-35)43-27-48(19-21-57-43)45(54)49-20-22-58-44(28-49)51-26-38(47(4,30-51)32(2)53)34-16-18-40(56-6)42(24-34)60-36-13-9-10-14-36/h15-18,23-24,31-32,35-38,43-44,52-53H,7-14,19-22,25-30H2,1-6H3/t31-,32-,37+,38+,43?,44?,46+,47+/m1/s1. The number of urea groups is 1. The van der Waals surface area contributed by atoms with Crippen LogP contribution in [0.5, 0.6) is 23.0 Å². The minimum atomic E-state index is -0.571. The number of carbonyl (C=O) groups excluding carboxylic acids is 1. The summed E-state index contributed by atoms with van der Waals surface area (Å²) in [6.07, 6.45) is 7.61. The second kappa shape index (κ2) is 18.2. The molecule has 2 aliphatic carbocycles. The summed E-state index contributed by atoms with van der Waals surface area (Å²) >= 11 is 0. The maximum Gasteiger partial charge on any atom is 0.320 e. The van der Waals surface area contributed by atoms with Gasteiger partial charge in [0.25, 0.3) is 0 Å². The molecule has 8 rings (SSSR count). The van der Waals surface area contributed by atoms with Crippen molar-refractivity contribution in [3.63, 3.8) is 0 Å². The van der Waals surface area contributed by atoms with E-state index in [1.165, 1.54) is 25.7 Å². The summed E-state index contributed by atoms with van der Waals surface area (Å²) in [5.41, 5.74) is 1.32. The fourth-order valence-corrected chi connectivity index (χ4v) is 11.0. The van der Waals surface area contributed by atoms with Gasteiger partial charge in [-0.25, -0.2) is 4.79 Å². The number of aliphatic hydroxyl groups is 2. The van der Waals surface area contributed by atoms with Crippen molar-refractivity contribution >= 4 is 6.03 Å². The fraction of sp³-hybridized carbons (Fsp3) is 0.723. The van der Waals surface area contributed by atoms with Crippen molar-refractivity contribution in [2.45, 2.75) is 128 Å². The van der Waals surface area contributed by atoms with E-state index in [2.05, 4.69) is 47.9 Å². The molecule has 2 N–H and O–H groups in total. The Labute approximate surface area is 357 Å². The van der Waals surface area contributed by atoms with Gasteiger partial charge in [-0.05, 0) is 101 Å². The predicted molar refractivity (Wildman–Crippen MR) is 228 cm³/mol. The van der Waals surface area contributed by atoms with Crippen molar-refractivity contribution in [3.8, 4) is 23.0 Å². The summed E-state index contributed by atoms with van der Waals surface area (Å²) in [5, 5.41) is 22.6. The lowest BCUT2D eigenvalue weighted by Gasteiger charge is -2.43. The van der Waals surface area contributed by atoms with Crippen LogP contribution in [0.25, 0.3) is 0 Å². The van der Waals surface area contributed by atoms with E-state index in [0.717, 1.165) is 59.8 Å². The molecular weight excluding hydrogens is 765 g/mol. The summed E-state index contributed by atoms with van der Waals surface area (Å²) in [5.74, 6) is 3.02. The number of nitrogens with zero attached hydrogens (tertiary/aromatic N) is 4. The number of benzene rings is 2. The Kier molecular flexibility index (Phi) is 13.1. The average Bonchev–Trinajstić information content (AvgIpc) is 4.09. The molecule has 8 atom stereocenters. The number of rotatable bonds is 12. The molecule has 60 heavy (non-hydrogen) atoms. The van der Waals surface area contributed by atoms with E-state index in [9.17, 15) is 15.0 Å². The first-order chi connectivity index (χ1) is 28.9. The van der Waals surface area contributed by atoms with Crippen molar-refractivity contribution in [2.24, 2.45) is 10.8 Å². The van der Waals surface area contributed by atoms with Crippen LogP contribution < -0.4 is 18.9 Å². The van der Waals surface area contributed by atoms with Crippen LogP contribution in [-0.2, 0) is 9.47 Å². The first-order valence-electron chi connectivity index (χ1n) is 22.7. The van der Waals surface area contributed by atoms with E-state index >= 15 is 0 Å². The molecule has 6 aliphatic rings. The molecular formula is C47H70N4O9. The van der Waals surface area contributed by atoms with E-state index in [4.69, 9.17) is 28.4 Å². The molecule has 0 spiro atoms. The molecule has 2 aromatic rings. The molecule has 2 unspecified atom stereocenters. The quantitative estimate of drug-likeness (QED) is 0.260. The summed E-state index contributed by atoms with van der Waals surface area (Å²) in [6, 6.07) is 12.4. The van der Waals surface area contributed by atoms with Gasteiger partial charge in [0.15, 0.2) is 23.0 Å². The molecule has 2 amide bonds. The smallest absolute Gasteiger partial charge is 0.320 e. The summed E-state index contributed by atoms with van der Waals surface area (Å²) in [7, 11) is 3.36. The van der Waals surface area contributed by atoms with Crippen molar-refractivity contribution in [1.82, 2.24) is 19.6 Å². The highest BCUT2D eigenvalue weighted by atomic mass is 16.5. The highest BCUT2D eigenvalue weighted by Gasteiger charge is 2.51. The topological polar surface area (TPSA) is 126 Å². The van der Waals surface area contributed by atoms with Crippen molar-refractivity contribution in [1.29, 1.82) is 0 Å². The molecule has 332 valence electrons. The first kappa shape index (κ1) is 43.3. The third-order valence-corrected chi connectivity index (χ3v) is 15.2. The number of methoxy groups -OCH3 is 2. The highest BCUT2D eigenvalue weighted by molar-refractivity contribution is 5.74. The minimum Gasteiger partial charge on any atom is -0.493 e. The normalized spacial score (nSPS) is 32.1. The molecule has 0 radical (unpaired) electrons. The lowest BCUT2D eigenvalue weighted by atomic mass is 9.72. The predicted octanol–water partition coefficient (Wildman–Crippen LogP) is 6.06. The number of hydrogen-bond donors (Lipinski definition) is 2. The van der Waals surface area contributed by atoms with Crippen LogP contribution in [0.15, 0.2) is 36.4 Å². The van der Waals surface area contributed by atoms with E-state index in [-0.39, 0.29) is 42.5 Å². The number of hydrogen-bond acceptors (Lipinski definition) is 11. The van der Waals surface area contributed by atoms with Crippen LogP contribution in [-0.4, -0.2) is 153 Å². The first-order valence-corrected chi connectivity index (χ1v) is 22.7. The largest absolute Gasteiger partial charge is 0.493 e. The Morgan fingerprint density at radius 2 is 1.05 bits per heavy atom. The molecule has 4 heterocycles. The number of ether oxygens (including phenoxy) is 6. The third kappa shape index (κ3) is 8.68. The van der Waals surface area contributed by atoms with E-state index in [0.29, 0.717) is 65.6 Å². The van der Waals surface area contributed by atoms with Gasteiger partial charge in [-0.2, -0.15) is 0 Å². The van der Waals surface area contributed by atoms with Crippen LogP contribution in [0.4, 0.5) is 4.79 Å². The Hall–Kier alpha value is -3.33. The van der Waals surface area contributed by atoms with Gasteiger partial charge in [-0.3, -0.25) is 9.80 Å². The second-order valence-corrected chi connectivity index (χ2v) is 19.0. The Morgan fingerprint density at radius 1 is 0.650 bits per heavy atom. The number of likely N-dealkylation sites (tertiary alicyclic amines) is 2. The number of morpholine rings is 2. The number of aliphatic hydroxyl groups excluding tert-OH is 2. The zero-order valence-corrected chi connectivity index (χ0v) is 36.9. The molecule has 6 fully saturated rings. The molecule has 4 aliphatic heterocycles. The van der Waals surface area contributed by atoms with Gasteiger partial charge in [-0.1, -0.05) is 26.0 Å². The van der Waals surface area contributed by atoms with Crippen molar-refractivity contribution in [2.75, 3.05) is 79.8 Å². The lowest BCUT2D eigenvalue weighted by molar-refractivity contribution is -0.115. The van der Waals surface area contributed by atoms with Crippen molar-refractivity contribution < 1.29 is 43.4 Å². The van der Waals surface area contributed by atoms with Gasteiger partial charge in [0.1, 0.15) is 12.5 Å². The maximum absolute atomic E-state index is 14.4. The van der Waals surface area contributed by atoms with E-state index < -0.39 is 23.0 Å². The molecule has 13 nitrogen and oxygen atoms in total. The van der Waals surface area contributed by atoms with E-state index in [1.54, 1.807) is 14.2 Å². The van der Waals surface area contributed by atoms with Gasteiger partial charge >= 0.3 is 6.03 Å². The van der Waals surface area contributed by atoms with Crippen LogP contribution in [0, 0.1) is 10.8 Å². The van der Waals surface area contributed by atoms with Crippen LogP contribution in [0.1, 0.15) is 102 Å². The van der Waals surface area contributed by atoms with Gasteiger partial charge in [0.2, 0.25) is 0 Å². The Morgan fingerprint density at radius 3 is 1.42 bits per heavy atom. The Bertz CT molecular complexity index is 1660. The molecule has 13 heteroatoms. The number of amides is 2. The Balaban J connectivity index is 0.933. The molecule has 0 aromatic heterocycles. The van der Waals surface area contributed by atoms with Gasteiger partial charge in [0, 0.05) is 61.9 Å². The second-order valence-electron chi connectivity index (χ2n) is 19.0. The molecule has 2 saturated carbocycles. The van der Waals surface area contributed by atoms with Gasteiger partial charge in [0.05, 0.1) is 64.9 Å². The average molecular weight is 835 g/mol. The monoisotopic (exact) mass is 835 g/mol. The zero-order chi connectivity index (χ0) is 42.2. The summed E-state index contributed by atoms with van der Waals surface area (Å²) in [4.78, 5) is 22.9. The van der Waals surface area contributed by atoms with Crippen LogP contribution in [0.3, 0.4) is 0 Å². The maximum atomic E-state index is 14.4. The van der Waals surface area contributed by atoms with Crippen molar-refractivity contribution in [3.05, 3.63) is 47.5 Å². The zero-order valence-electron chi connectivity index (χ0n) is 36.9. The molecule has 2 aromatic carbocycles. The molecule has 4 saturated heterocycles. The SMILES string of the molecule is COc1ccc([C@@H]2CN(C3CN(C(=O)N4CCOC(N5C[C@@H](c6ccc(OC)c(OC7CCCC7)c6)[C@](C)([C@@H](C)O)C5)C4)CCO3)C[C@@]2(C)[C@@H](C)O)cc1OC1CCCC1.